The molecule has 1 atom stereocenters. The van der Waals surface area contributed by atoms with E-state index in [-0.39, 0.29) is 40.4 Å². The summed E-state index contributed by atoms with van der Waals surface area (Å²) < 4.78 is 32.1. The van der Waals surface area contributed by atoms with E-state index in [4.69, 9.17) is 39.5 Å². The third-order valence-electron chi connectivity index (χ3n) is 5.21. The van der Waals surface area contributed by atoms with E-state index in [2.05, 4.69) is 5.32 Å². The first-order valence-electron chi connectivity index (χ1n) is 10.3. The molecular formula is C22H23Cl3N2O5S. The van der Waals surface area contributed by atoms with Crippen molar-refractivity contribution in [3.63, 3.8) is 0 Å². The number of hydrogen-bond donors (Lipinski definition) is 1. The Hall–Kier alpha value is -1.84. The van der Waals surface area contributed by atoms with Crippen LogP contribution in [0.25, 0.3) is 0 Å². The molecule has 2 aromatic carbocycles. The van der Waals surface area contributed by atoms with Crippen LogP contribution < -0.4 is 5.32 Å². The molecule has 11 heteroatoms. The average Bonchev–Trinajstić information content (AvgIpc) is 2.76. The average molecular weight is 534 g/mol. The Morgan fingerprint density at radius 3 is 2.52 bits per heavy atom. The molecule has 1 amide bonds. The zero-order valence-corrected chi connectivity index (χ0v) is 20.9. The van der Waals surface area contributed by atoms with Gasteiger partial charge in [0.25, 0.3) is 0 Å². The van der Waals surface area contributed by atoms with Crippen molar-refractivity contribution in [2.24, 2.45) is 5.92 Å². The molecule has 1 aliphatic heterocycles. The molecule has 3 rings (SSSR count). The summed E-state index contributed by atoms with van der Waals surface area (Å²) in [4.78, 5) is 24.7. The lowest BCUT2D eigenvalue weighted by atomic mass is 9.98. The van der Waals surface area contributed by atoms with Gasteiger partial charge in [-0.3, -0.25) is 4.79 Å². The molecule has 0 radical (unpaired) electrons. The van der Waals surface area contributed by atoms with E-state index in [1.807, 2.05) is 0 Å². The Morgan fingerprint density at radius 2 is 1.85 bits per heavy atom. The van der Waals surface area contributed by atoms with Crippen molar-refractivity contribution in [1.29, 1.82) is 0 Å². The summed E-state index contributed by atoms with van der Waals surface area (Å²) in [6.07, 6.45) is 1.11. The van der Waals surface area contributed by atoms with Crippen LogP contribution in [0.15, 0.2) is 36.4 Å². The third-order valence-corrected chi connectivity index (χ3v) is 8.08. The second-order valence-electron chi connectivity index (χ2n) is 7.61. The van der Waals surface area contributed by atoms with Gasteiger partial charge in [-0.05, 0) is 55.7 Å². The Kier molecular flexibility index (Phi) is 8.64. The van der Waals surface area contributed by atoms with E-state index in [0.717, 1.165) is 0 Å². The second kappa shape index (κ2) is 11.1. The van der Waals surface area contributed by atoms with Gasteiger partial charge < -0.3 is 10.1 Å². The number of piperidine rings is 1. The van der Waals surface area contributed by atoms with Crippen LogP contribution in [0.1, 0.15) is 35.7 Å². The van der Waals surface area contributed by atoms with Crippen molar-refractivity contribution in [3.05, 3.63) is 62.6 Å². The lowest BCUT2D eigenvalue weighted by molar-refractivity contribution is -0.120. The molecule has 0 aliphatic carbocycles. The van der Waals surface area contributed by atoms with E-state index < -0.39 is 21.9 Å². The van der Waals surface area contributed by atoms with Crippen molar-refractivity contribution in [1.82, 2.24) is 4.31 Å². The number of nitrogens with one attached hydrogen (secondary N) is 1. The van der Waals surface area contributed by atoms with Crippen LogP contribution in [0.5, 0.6) is 0 Å². The summed E-state index contributed by atoms with van der Waals surface area (Å²) in [5.74, 6) is -1.62. The molecule has 0 aromatic heterocycles. The number of halogens is 3. The summed E-state index contributed by atoms with van der Waals surface area (Å²) in [5, 5.41) is 3.55. The van der Waals surface area contributed by atoms with Crippen molar-refractivity contribution in [2.75, 3.05) is 25.0 Å². The van der Waals surface area contributed by atoms with Gasteiger partial charge in [-0.25, -0.2) is 17.5 Å². The minimum atomic E-state index is -3.65. The fourth-order valence-corrected chi connectivity index (χ4v) is 5.73. The first kappa shape index (κ1) is 25.8. The zero-order valence-electron chi connectivity index (χ0n) is 17.8. The highest BCUT2D eigenvalue weighted by Gasteiger charge is 2.32. The van der Waals surface area contributed by atoms with Crippen molar-refractivity contribution >= 4 is 62.4 Å². The number of amides is 1. The fraction of sp³-hybridized carbons (Fsp3) is 0.364. The normalized spacial score (nSPS) is 16.9. The third kappa shape index (κ3) is 6.61. The highest BCUT2D eigenvalue weighted by molar-refractivity contribution is 7.88. The van der Waals surface area contributed by atoms with Gasteiger partial charge >= 0.3 is 5.97 Å². The second-order valence-corrected chi connectivity index (χ2v) is 10.8. The summed E-state index contributed by atoms with van der Waals surface area (Å²) in [6.45, 7) is 2.33. The molecule has 0 spiro atoms. The van der Waals surface area contributed by atoms with Crippen LogP contribution in [0.2, 0.25) is 15.1 Å². The first-order valence-corrected chi connectivity index (χ1v) is 13.0. The fourth-order valence-electron chi connectivity index (χ4n) is 3.55. The van der Waals surface area contributed by atoms with E-state index in [0.29, 0.717) is 35.7 Å². The van der Waals surface area contributed by atoms with Gasteiger partial charge in [0, 0.05) is 18.8 Å². The summed E-state index contributed by atoms with van der Waals surface area (Å²) in [6, 6.07) is 9.19. The van der Waals surface area contributed by atoms with Gasteiger partial charge in [0.2, 0.25) is 15.9 Å². The number of carbonyl (C=O) groups is 2. The molecule has 0 saturated carbocycles. The quantitative estimate of drug-likeness (QED) is 0.505. The molecule has 1 heterocycles. The monoisotopic (exact) mass is 532 g/mol. The molecule has 0 bridgehead atoms. The van der Waals surface area contributed by atoms with Gasteiger partial charge in [-0.2, -0.15) is 0 Å². The molecule has 0 unspecified atom stereocenters. The van der Waals surface area contributed by atoms with Crippen molar-refractivity contribution < 1.29 is 22.7 Å². The molecule has 1 saturated heterocycles. The van der Waals surface area contributed by atoms with Gasteiger partial charge in [0.1, 0.15) is 0 Å². The number of sulfonamides is 1. The van der Waals surface area contributed by atoms with Gasteiger partial charge in [-0.1, -0.05) is 40.9 Å². The predicted molar refractivity (Wildman–Crippen MR) is 129 cm³/mol. The number of benzene rings is 2. The highest BCUT2D eigenvalue weighted by atomic mass is 35.5. The number of hydrogen-bond acceptors (Lipinski definition) is 5. The molecule has 1 fully saturated rings. The molecule has 178 valence electrons. The number of esters is 1. The standard InChI is InChI=1S/C22H23Cl3N2O5S/c1-2-32-22(29)17-7-6-16(11-19(17)24)26-21(28)15-4-3-9-27(12-15)33(30,31)13-14-5-8-18(23)20(25)10-14/h5-8,10-11,15H,2-4,9,12-13H2,1H3,(H,26,28)/t15-/m0/s1. The Balaban J connectivity index is 1.66. The van der Waals surface area contributed by atoms with Crippen LogP contribution in [-0.4, -0.2) is 44.3 Å². The SMILES string of the molecule is CCOC(=O)c1ccc(NC(=O)[C@H]2CCCN(S(=O)(=O)Cc3ccc(Cl)c(Cl)c3)C2)cc1Cl. The molecule has 1 aliphatic rings. The lowest BCUT2D eigenvalue weighted by Crippen LogP contribution is -2.44. The molecule has 2 aromatic rings. The minimum absolute atomic E-state index is 0.0735. The zero-order chi connectivity index (χ0) is 24.2. The molecule has 33 heavy (non-hydrogen) atoms. The number of carbonyl (C=O) groups excluding carboxylic acids is 2. The van der Waals surface area contributed by atoms with Crippen LogP contribution in [-0.2, 0) is 25.3 Å². The van der Waals surface area contributed by atoms with Crippen LogP contribution in [0.4, 0.5) is 5.69 Å². The molecular weight excluding hydrogens is 511 g/mol. The predicted octanol–water partition coefficient (Wildman–Crippen LogP) is 5.00. The number of ether oxygens (including phenoxy) is 1. The van der Waals surface area contributed by atoms with Crippen LogP contribution >= 0.6 is 34.8 Å². The first-order chi connectivity index (χ1) is 15.6. The Bertz CT molecular complexity index is 1160. The summed E-state index contributed by atoms with van der Waals surface area (Å²) >= 11 is 18.0. The van der Waals surface area contributed by atoms with Crippen molar-refractivity contribution in [3.8, 4) is 0 Å². The molecule has 7 nitrogen and oxygen atoms in total. The van der Waals surface area contributed by atoms with Crippen LogP contribution in [0, 0.1) is 5.92 Å². The number of anilines is 1. The maximum Gasteiger partial charge on any atom is 0.339 e. The maximum absolute atomic E-state index is 12.9. The van der Waals surface area contributed by atoms with E-state index in [1.165, 1.54) is 22.5 Å². The summed E-state index contributed by atoms with van der Waals surface area (Å²) in [7, 11) is -3.65. The Morgan fingerprint density at radius 1 is 1.09 bits per heavy atom. The minimum Gasteiger partial charge on any atom is -0.462 e. The van der Waals surface area contributed by atoms with Gasteiger partial charge in [-0.15, -0.1) is 0 Å². The van der Waals surface area contributed by atoms with E-state index >= 15 is 0 Å². The summed E-state index contributed by atoms with van der Waals surface area (Å²) in [5.41, 5.74) is 1.13. The van der Waals surface area contributed by atoms with Crippen LogP contribution in [0.3, 0.4) is 0 Å². The lowest BCUT2D eigenvalue weighted by Gasteiger charge is -2.31. The van der Waals surface area contributed by atoms with Gasteiger partial charge in [0.05, 0.1) is 38.9 Å². The van der Waals surface area contributed by atoms with Crippen molar-refractivity contribution in [2.45, 2.75) is 25.5 Å². The maximum atomic E-state index is 12.9. The topological polar surface area (TPSA) is 92.8 Å². The van der Waals surface area contributed by atoms with E-state index in [1.54, 1.807) is 25.1 Å². The van der Waals surface area contributed by atoms with Gasteiger partial charge in [0.15, 0.2) is 0 Å². The highest BCUT2D eigenvalue weighted by Crippen LogP contribution is 2.27. The number of nitrogens with zero attached hydrogens (tertiary/aromatic N) is 1. The molecule has 1 N–H and O–H groups in total. The van der Waals surface area contributed by atoms with E-state index in [9.17, 15) is 18.0 Å². The Labute approximate surface area is 208 Å². The smallest absolute Gasteiger partial charge is 0.339 e. The largest absolute Gasteiger partial charge is 0.462 e. The number of rotatable bonds is 7.